The highest BCUT2D eigenvalue weighted by molar-refractivity contribution is 7.80. The minimum absolute atomic E-state index is 0.00450. The minimum atomic E-state index is -1.41. The summed E-state index contributed by atoms with van der Waals surface area (Å²) in [6, 6.07) is -3.73. The predicted octanol–water partition coefficient (Wildman–Crippen LogP) is -2.57. The van der Waals surface area contributed by atoms with Crippen LogP contribution in [-0.2, 0) is 24.0 Å². The molecular formula is C13H22N4O7S. The highest BCUT2D eigenvalue weighted by atomic mass is 32.1. The summed E-state index contributed by atoms with van der Waals surface area (Å²) in [7, 11) is 0. The Hall–Kier alpha value is -2.34. The third kappa shape index (κ3) is 9.52. The molecule has 0 aliphatic carbocycles. The number of aliphatic carboxylic acids is 2. The Kier molecular flexibility index (Phi) is 10.2. The molecule has 0 aromatic carbocycles. The summed E-state index contributed by atoms with van der Waals surface area (Å²) in [5.41, 5.74) is 10.4. The van der Waals surface area contributed by atoms with Crippen LogP contribution in [0.25, 0.3) is 0 Å². The van der Waals surface area contributed by atoms with Gasteiger partial charge in [0, 0.05) is 18.6 Å². The van der Waals surface area contributed by atoms with Crippen LogP contribution in [0.1, 0.15) is 25.7 Å². The summed E-state index contributed by atoms with van der Waals surface area (Å²) in [5.74, 6) is -4.98. The average molecular weight is 378 g/mol. The number of amides is 3. The first-order valence-corrected chi connectivity index (χ1v) is 7.91. The van der Waals surface area contributed by atoms with Gasteiger partial charge in [0.25, 0.3) is 0 Å². The van der Waals surface area contributed by atoms with Gasteiger partial charge in [0.1, 0.15) is 12.1 Å². The van der Waals surface area contributed by atoms with Gasteiger partial charge in [0.05, 0.1) is 6.04 Å². The average Bonchev–Trinajstić information content (AvgIpc) is 2.53. The summed E-state index contributed by atoms with van der Waals surface area (Å²) in [6.07, 6.45) is -1.22. The Morgan fingerprint density at radius 1 is 0.920 bits per heavy atom. The molecular weight excluding hydrogens is 356 g/mol. The number of hydrogen-bond donors (Lipinski definition) is 7. The number of nitrogens with two attached hydrogens (primary N) is 2. The van der Waals surface area contributed by atoms with E-state index in [1.165, 1.54) is 0 Å². The van der Waals surface area contributed by atoms with Gasteiger partial charge in [-0.25, -0.2) is 4.79 Å². The highest BCUT2D eigenvalue weighted by Gasteiger charge is 2.28. The van der Waals surface area contributed by atoms with Crippen LogP contribution >= 0.6 is 12.6 Å². The van der Waals surface area contributed by atoms with Crippen molar-refractivity contribution < 1.29 is 34.2 Å². The third-order valence-electron chi connectivity index (χ3n) is 3.11. The third-order valence-corrected chi connectivity index (χ3v) is 3.50. The van der Waals surface area contributed by atoms with E-state index in [0.717, 1.165) is 0 Å². The first kappa shape index (κ1) is 22.7. The maximum Gasteiger partial charge on any atom is 0.326 e. The van der Waals surface area contributed by atoms with Crippen LogP contribution in [0.4, 0.5) is 0 Å². The van der Waals surface area contributed by atoms with Gasteiger partial charge in [-0.05, 0) is 12.8 Å². The zero-order valence-electron chi connectivity index (χ0n) is 13.3. The summed E-state index contributed by atoms with van der Waals surface area (Å²) in [5, 5.41) is 22.2. The molecule has 0 unspecified atom stereocenters. The van der Waals surface area contributed by atoms with E-state index in [1.807, 2.05) is 0 Å². The summed E-state index contributed by atoms with van der Waals surface area (Å²) in [4.78, 5) is 56.5. The first-order valence-electron chi connectivity index (χ1n) is 7.28. The quantitative estimate of drug-likeness (QED) is 0.179. The Balaban J connectivity index is 5.02. The number of rotatable bonds is 12. The van der Waals surface area contributed by atoms with Gasteiger partial charge in [-0.15, -0.1) is 0 Å². The van der Waals surface area contributed by atoms with Crippen LogP contribution in [0.3, 0.4) is 0 Å². The Morgan fingerprint density at radius 2 is 1.44 bits per heavy atom. The number of nitrogens with one attached hydrogen (secondary N) is 2. The fourth-order valence-electron chi connectivity index (χ4n) is 1.71. The Bertz CT molecular complexity index is 529. The number of thiol groups is 1. The summed E-state index contributed by atoms with van der Waals surface area (Å²) < 4.78 is 0. The molecule has 11 nitrogen and oxygen atoms in total. The highest BCUT2D eigenvalue weighted by Crippen LogP contribution is 2.03. The van der Waals surface area contributed by atoms with Gasteiger partial charge in [0.2, 0.25) is 17.7 Å². The zero-order chi connectivity index (χ0) is 19.6. The molecule has 0 aromatic rings. The second kappa shape index (κ2) is 11.3. The molecule has 12 heteroatoms. The molecule has 0 aliphatic heterocycles. The molecule has 0 aromatic heterocycles. The maximum atomic E-state index is 12.2. The van der Waals surface area contributed by atoms with Crippen LogP contribution < -0.4 is 22.1 Å². The van der Waals surface area contributed by atoms with Crippen LogP contribution in [0.15, 0.2) is 0 Å². The van der Waals surface area contributed by atoms with Crippen molar-refractivity contribution in [3.8, 4) is 0 Å². The number of carbonyl (C=O) groups is 5. The van der Waals surface area contributed by atoms with Crippen molar-refractivity contribution in [3.63, 3.8) is 0 Å². The van der Waals surface area contributed by atoms with Crippen molar-refractivity contribution in [3.05, 3.63) is 0 Å². The van der Waals surface area contributed by atoms with Crippen molar-refractivity contribution in [2.75, 3.05) is 5.75 Å². The Labute approximate surface area is 148 Å². The van der Waals surface area contributed by atoms with Crippen molar-refractivity contribution in [2.24, 2.45) is 11.5 Å². The van der Waals surface area contributed by atoms with E-state index < -0.39 is 54.2 Å². The largest absolute Gasteiger partial charge is 0.481 e. The second-order valence-electron chi connectivity index (χ2n) is 5.19. The topological polar surface area (TPSA) is 202 Å². The molecule has 3 amide bonds. The minimum Gasteiger partial charge on any atom is -0.481 e. The number of carboxylic acids is 2. The Morgan fingerprint density at radius 3 is 1.88 bits per heavy atom. The molecule has 0 saturated heterocycles. The van der Waals surface area contributed by atoms with E-state index in [9.17, 15) is 24.0 Å². The van der Waals surface area contributed by atoms with Gasteiger partial charge in [-0.2, -0.15) is 12.6 Å². The maximum absolute atomic E-state index is 12.2. The predicted molar refractivity (Wildman–Crippen MR) is 88.6 cm³/mol. The monoisotopic (exact) mass is 378 g/mol. The molecule has 0 fully saturated rings. The van der Waals surface area contributed by atoms with Crippen LogP contribution in [0, 0.1) is 0 Å². The molecule has 8 N–H and O–H groups in total. The normalized spacial score (nSPS) is 14.0. The second-order valence-corrected chi connectivity index (χ2v) is 5.55. The summed E-state index contributed by atoms with van der Waals surface area (Å²) in [6.45, 7) is 0. The van der Waals surface area contributed by atoms with Gasteiger partial charge < -0.3 is 32.3 Å². The van der Waals surface area contributed by atoms with E-state index in [2.05, 4.69) is 23.3 Å². The standard InChI is InChI=1S/C13H22N4O7S/c14-6(5-25)11(21)16-7(2-4-10(19)20)12(22)17-8(13(23)24)1-3-9(15)18/h6-8,25H,1-5,14H2,(H2,15,18)(H,16,21)(H,17,22)(H,19,20)(H,23,24)/t6-,7-,8-/m0/s1. The molecule has 0 heterocycles. The van der Waals surface area contributed by atoms with Crippen LogP contribution in [-0.4, -0.2) is 63.8 Å². The number of carboxylic acid groups (broad SMARTS) is 2. The number of carbonyl (C=O) groups excluding carboxylic acids is 3. The SMILES string of the molecule is NC(=O)CC[C@H](NC(=O)[C@H](CCC(=O)O)NC(=O)[C@@H](N)CS)C(=O)O. The fraction of sp³-hybridized carbons (Fsp3) is 0.615. The van der Waals surface area contributed by atoms with E-state index in [4.69, 9.17) is 21.7 Å². The lowest BCUT2D eigenvalue weighted by Gasteiger charge is -2.22. The van der Waals surface area contributed by atoms with E-state index in [-0.39, 0.29) is 25.0 Å². The van der Waals surface area contributed by atoms with Crippen molar-refractivity contribution in [1.29, 1.82) is 0 Å². The van der Waals surface area contributed by atoms with Gasteiger partial charge in [-0.3, -0.25) is 19.2 Å². The van der Waals surface area contributed by atoms with Crippen molar-refractivity contribution >= 4 is 42.3 Å². The molecule has 0 bridgehead atoms. The van der Waals surface area contributed by atoms with Crippen LogP contribution in [0.5, 0.6) is 0 Å². The lowest BCUT2D eigenvalue weighted by Crippen LogP contribution is -2.55. The molecule has 0 saturated carbocycles. The van der Waals surface area contributed by atoms with Gasteiger partial charge in [0.15, 0.2) is 0 Å². The van der Waals surface area contributed by atoms with Gasteiger partial charge in [-0.1, -0.05) is 0 Å². The van der Waals surface area contributed by atoms with E-state index >= 15 is 0 Å². The summed E-state index contributed by atoms with van der Waals surface area (Å²) >= 11 is 3.84. The molecule has 0 aliphatic rings. The molecule has 0 radical (unpaired) electrons. The lowest BCUT2D eigenvalue weighted by molar-refractivity contribution is -0.143. The number of primary amides is 1. The van der Waals surface area contributed by atoms with E-state index in [0.29, 0.717) is 0 Å². The molecule has 0 rings (SSSR count). The van der Waals surface area contributed by atoms with E-state index in [1.54, 1.807) is 0 Å². The zero-order valence-corrected chi connectivity index (χ0v) is 14.2. The van der Waals surface area contributed by atoms with Crippen molar-refractivity contribution in [2.45, 2.75) is 43.8 Å². The van der Waals surface area contributed by atoms with Gasteiger partial charge >= 0.3 is 11.9 Å². The lowest BCUT2D eigenvalue weighted by atomic mass is 10.1. The fourth-order valence-corrected chi connectivity index (χ4v) is 1.88. The number of hydrogen-bond acceptors (Lipinski definition) is 7. The molecule has 3 atom stereocenters. The molecule has 142 valence electrons. The molecule has 0 spiro atoms. The first-order chi connectivity index (χ1) is 11.6. The van der Waals surface area contributed by atoms with Crippen molar-refractivity contribution in [1.82, 2.24) is 10.6 Å². The van der Waals surface area contributed by atoms with Crippen LogP contribution in [0.2, 0.25) is 0 Å². The molecule has 25 heavy (non-hydrogen) atoms. The smallest absolute Gasteiger partial charge is 0.326 e.